The maximum absolute atomic E-state index is 11.5. The van der Waals surface area contributed by atoms with Gasteiger partial charge in [-0.1, -0.05) is 30.0 Å². The van der Waals surface area contributed by atoms with Gasteiger partial charge in [-0.2, -0.15) is 0 Å². The minimum Gasteiger partial charge on any atom is -0.481 e. The fourth-order valence-corrected chi connectivity index (χ4v) is 3.48. The number of aromatic amines is 1. The van der Waals surface area contributed by atoms with Crippen molar-refractivity contribution >= 4 is 34.2 Å². The molecule has 29 heavy (non-hydrogen) atoms. The van der Waals surface area contributed by atoms with Gasteiger partial charge in [0.25, 0.3) is 5.69 Å². The van der Waals surface area contributed by atoms with E-state index in [1.807, 2.05) is 24.3 Å². The Morgan fingerprint density at radius 3 is 2.79 bits per heavy atom. The molecule has 2 aromatic heterocycles. The van der Waals surface area contributed by atoms with Crippen LogP contribution in [-0.2, 0) is 4.79 Å². The lowest BCUT2D eigenvalue weighted by Crippen LogP contribution is -1.97. The molecule has 0 spiro atoms. The molecule has 4 aromatic rings. The maximum atomic E-state index is 11.5. The lowest BCUT2D eigenvalue weighted by atomic mass is 9.97. The molecule has 0 radical (unpaired) electrons. The van der Waals surface area contributed by atoms with E-state index in [4.69, 9.17) is 5.11 Å². The van der Waals surface area contributed by atoms with Gasteiger partial charge >= 0.3 is 5.97 Å². The number of hydrogen-bond acceptors (Lipinski definition) is 7. The number of carboxylic acids is 1. The van der Waals surface area contributed by atoms with Crippen LogP contribution in [0.4, 0.5) is 5.69 Å². The molecular weight excluding hydrogens is 394 g/mol. The van der Waals surface area contributed by atoms with Crippen molar-refractivity contribution in [3.05, 3.63) is 65.0 Å². The van der Waals surface area contributed by atoms with Gasteiger partial charge in [-0.3, -0.25) is 19.9 Å². The number of non-ortho nitro benzene ring substituents is 1. The largest absolute Gasteiger partial charge is 0.481 e. The first-order chi connectivity index (χ1) is 14.0. The molecular formula is C19H13N5O4S. The second-order valence-corrected chi connectivity index (χ2v) is 7.05. The summed E-state index contributed by atoms with van der Waals surface area (Å²) < 4.78 is 0. The third kappa shape index (κ3) is 3.92. The summed E-state index contributed by atoms with van der Waals surface area (Å²) in [6.45, 7) is 0. The van der Waals surface area contributed by atoms with Crippen molar-refractivity contribution < 1.29 is 14.8 Å². The Balaban J connectivity index is 1.81. The molecule has 4 rings (SSSR count). The summed E-state index contributed by atoms with van der Waals surface area (Å²) in [5, 5.41) is 30.4. The lowest BCUT2D eigenvalue weighted by Gasteiger charge is -2.08. The van der Waals surface area contributed by atoms with Crippen molar-refractivity contribution in [3.63, 3.8) is 0 Å². The molecule has 0 aliphatic rings. The smallest absolute Gasteiger partial charge is 0.313 e. The third-order valence-electron chi connectivity index (χ3n) is 4.19. The van der Waals surface area contributed by atoms with E-state index in [0.717, 1.165) is 28.1 Å². The molecule has 2 heterocycles. The van der Waals surface area contributed by atoms with Gasteiger partial charge in [-0.15, -0.1) is 10.2 Å². The van der Waals surface area contributed by atoms with Crippen molar-refractivity contribution in [1.82, 2.24) is 20.2 Å². The fourth-order valence-electron chi connectivity index (χ4n) is 2.95. The van der Waals surface area contributed by atoms with Gasteiger partial charge in [0.05, 0.1) is 10.7 Å². The quantitative estimate of drug-likeness (QED) is 0.280. The Morgan fingerprint density at radius 1 is 1.17 bits per heavy atom. The number of nitro groups is 1. The van der Waals surface area contributed by atoms with Gasteiger partial charge in [0.1, 0.15) is 0 Å². The first kappa shape index (κ1) is 18.6. The molecule has 2 aromatic carbocycles. The van der Waals surface area contributed by atoms with Crippen LogP contribution in [0.5, 0.6) is 0 Å². The van der Waals surface area contributed by atoms with E-state index in [-0.39, 0.29) is 11.4 Å². The van der Waals surface area contributed by atoms with E-state index >= 15 is 0 Å². The number of rotatable bonds is 6. The Kier molecular flexibility index (Phi) is 4.92. The number of aromatic nitrogens is 4. The summed E-state index contributed by atoms with van der Waals surface area (Å²) in [6, 6.07) is 12.2. The van der Waals surface area contributed by atoms with Gasteiger partial charge in [-0.25, -0.2) is 0 Å². The highest BCUT2D eigenvalue weighted by Crippen LogP contribution is 2.34. The molecule has 9 nitrogen and oxygen atoms in total. The monoisotopic (exact) mass is 407 g/mol. The number of carbonyl (C=O) groups is 1. The maximum Gasteiger partial charge on any atom is 0.313 e. The molecule has 0 aliphatic carbocycles. The third-order valence-corrected chi connectivity index (χ3v) is 5.04. The Labute approximate surface area is 168 Å². The Morgan fingerprint density at radius 2 is 2.00 bits per heavy atom. The van der Waals surface area contributed by atoms with Crippen LogP contribution >= 0.6 is 11.8 Å². The molecule has 10 heteroatoms. The van der Waals surface area contributed by atoms with E-state index in [1.165, 1.54) is 12.1 Å². The molecule has 0 amide bonds. The highest BCUT2D eigenvalue weighted by atomic mass is 32.2. The minimum absolute atomic E-state index is 0.0836. The van der Waals surface area contributed by atoms with Crippen LogP contribution in [0.1, 0.15) is 0 Å². The number of thioether (sulfide) groups is 1. The molecule has 0 bridgehead atoms. The van der Waals surface area contributed by atoms with Crippen molar-refractivity contribution in [2.75, 3.05) is 5.75 Å². The number of aliphatic carboxylic acids is 1. The van der Waals surface area contributed by atoms with Crippen molar-refractivity contribution in [2.24, 2.45) is 0 Å². The number of hydrogen-bond donors (Lipinski definition) is 2. The fraction of sp³-hybridized carbons (Fsp3) is 0.0526. The van der Waals surface area contributed by atoms with E-state index in [0.29, 0.717) is 22.1 Å². The van der Waals surface area contributed by atoms with Crippen molar-refractivity contribution in [3.8, 4) is 22.5 Å². The van der Waals surface area contributed by atoms with E-state index in [1.54, 1.807) is 18.5 Å². The summed E-state index contributed by atoms with van der Waals surface area (Å²) in [4.78, 5) is 28.8. The molecule has 2 N–H and O–H groups in total. The summed E-state index contributed by atoms with van der Waals surface area (Å²) in [5.74, 6) is -0.820. The first-order valence-corrected chi connectivity index (χ1v) is 9.40. The van der Waals surface area contributed by atoms with Crippen LogP contribution in [0.3, 0.4) is 0 Å². The molecule has 144 valence electrons. The summed E-state index contributed by atoms with van der Waals surface area (Å²) in [6.07, 6.45) is 3.41. The Hall–Kier alpha value is -3.79. The average molecular weight is 407 g/mol. The van der Waals surface area contributed by atoms with Gasteiger partial charge in [0, 0.05) is 35.5 Å². The molecule has 0 saturated carbocycles. The van der Waals surface area contributed by atoms with Gasteiger partial charge < -0.3 is 10.1 Å². The van der Waals surface area contributed by atoms with Crippen molar-refractivity contribution in [1.29, 1.82) is 0 Å². The van der Waals surface area contributed by atoms with Crippen LogP contribution in [0.2, 0.25) is 0 Å². The summed E-state index contributed by atoms with van der Waals surface area (Å²) in [5.41, 5.74) is 1.88. The number of pyridine rings is 1. The number of fused-ring (bicyclic) bond motifs is 1. The number of benzene rings is 2. The second kappa shape index (κ2) is 7.68. The summed E-state index contributed by atoms with van der Waals surface area (Å²) >= 11 is 0.987. The molecule has 0 unspecified atom stereocenters. The number of nitro benzene ring substituents is 1. The van der Waals surface area contributed by atoms with E-state index < -0.39 is 10.9 Å². The normalized spacial score (nSPS) is 10.9. The molecule has 0 fully saturated rings. The number of H-pyrrole nitrogens is 1. The van der Waals surface area contributed by atoms with Crippen LogP contribution in [0.15, 0.2) is 60.0 Å². The van der Waals surface area contributed by atoms with Gasteiger partial charge in [-0.05, 0) is 28.6 Å². The number of carboxylic acid groups (broad SMARTS) is 1. The number of nitrogens with zero attached hydrogens (tertiary/aromatic N) is 4. The van der Waals surface area contributed by atoms with Crippen LogP contribution in [-0.4, -0.2) is 41.9 Å². The lowest BCUT2D eigenvalue weighted by molar-refractivity contribution is -0.384. The average Bonchev–Trinajstić information content (AvgIpc) is 3.20. The molecule has 0 atom stereocenters. The summed E-state index contributed by atoms with van der Waals surface area (Å²) in [7, 11) is 0. The van der Waals surface area contributed by atoms with Gasteiger partial charge in [0.15, 0.2) is 11.0 Å². The van der Waals surface area contributed by atoms with Crippen LogP contribution in [0, 0.1) is 10.1 Å². The van der Waals surface area contributed by atoms with Crippen LogP contribution in [0.25, 0.3) is 33.3 Å². The predicted molar refractivity (Wildman–Crippen MR) is 108 cm³/mol. The van der Waals surface area contributed by atoms with E-state index in [9.17, 15) is 14.9 Å². The molecule has 0 aliphatic heterocycles. The first-order valence-electron chi connectivity index (χ1n) is 8.41. The highest BCUT2D eigenvalue weighted by Gasteiger charge is 2.16. The molecule has 0 saturated heterocycles. The Bertz CT molecular complexity index is 1230. The topological polar surface area (TPSA) is 135 Å². The van der Waals surface area contributed by atoms with E-state index in [2.05, 4.69) is 20.2 Å². The van der Waals surface area contributed by atoms with Crippen LogP contribution < -0.4 is 0 Å². The highest BCUT2D eigenvalue weighted by molar-refractivity contribution is 7.99. The van der Waals surface area contributed by atoms with Gasteiger partial charge in [0.2, 0.25) is 0 Å². The zero-order valence-corrected chi connectivity index (χ0v) is 15.6. The predicted octanol–water partition coefficient (Wildman–Crippen LogP) is 3.77. The SMILES string of the molecule is O=C(O)CSc1nnc(-c2cc(-c3cccc4cnccc34)cc([N+](=O)[O-])c2)[nH]1. The zero-order valence-electron chi connectivity index (χ0n) is 14.8. The van der Waals surface area contributed by atoms with Crippen molar-refractivity contribution in [2.45, 2.75) is 5.16 Å². The minimum atomic E-state index is -0.976. The number of nitrogens with one attached hydrogen (secondary N) is 1. The zero-order chi connectivity index (χ0) is 20.4. The second-order valence-electron chi connectivity index (χ2n) is 6.09. The standard InChI is InChI=1S/C19H13N5O4S/c25-17(26)10-29-19-21-18(22-23-19)13-6-12(7-14(8-13)24(27)28)15-3-1-2-11-9-20-5-4-16(11)15/h1-9H,10H2,(H,25,26)(H,21,22,23).